The molecule has 0 fully saturated rings. The summed E-state index contributed by atoms with van der Waals surface area (Å²) in [5.74, 6) is -0.629. The van der Waals surface area contributed by atoms with Gasteiger partial charge in [-0.25, -0.2) is 9.78 Å². The van der Waals surface area contributed by atoms with Crippen molar-refractivity contribution in [3.05, 3.63) is 48.4 Å². The smallest absolute Gasteiger partial charge is 0.326 e. The Bertz CT molecular complexity index is 1160. The number of pyridine rings is 1. The Morgan fingerprint density at radius 1 is 0.975 bits per heavy atom. The third-order valence-corrected chi connectivity index (χ3v) is 5.19. The van der Waals surface area contributed by atoms with Gasteiger partial charge in [0.1, 0.15) is 11.4 Å². The first-order valence-electron chi connectivity index (χ1n) is 12.9. The number of hydrogen-bond acceptors (Lipinski definition) is 9. The molecule has 2 rings (SSSR count). The molecule has 5 N–H and O–H groups in total. The van der Waals surface area contributed by atoms with Crippen molar-refractivity contribution in [2.24, 2.45) is 0 Å². The molecule has 0 aliphatic heterocycles. The van der Waals surface area contributed by atoms with Gasteiger partial charge in [-0.1, -0.05) is 13.0 Å². The van der Waals surface area contributed by atoms with Crippen LogP contribution < -0.4 is 26.6 Å². The zero-order chi connectivity index (χ0) is 29.3. The van der Waals surface area contributed by atoms with Gasteiger partial charge in [-0.05, 0) is 39.1 Å². The predicted molar refractivity (Wildman–Crippen MR) is 153 cm³/mol. The summed E-state index contributed by atoms with van der Waals surface area (Å²) in [6.45, 7) is 3.72. The Morgan fingerprint density at radius 2 is 1.70 bits per heavy atom. The molecule has 14 nitrogen and oxygen atoms in total. The Hall–Kier alpha value is -4.59. The van der Waals surface area contributed by atoms with Crippen molar-refractivity contribution in [2.45, 2.75) is 19.8 Å². The summed E-state index contributed by atoms with van der Waals surface area (Å²) in [6.07, 6.45) is 8.88. The van der Waals surface area contributed by atoms with Crippen molar-refractivity contribution in [3.8, 4) is 0 Å². The molecule has 0 spiro atoms. The van der Waals surface area contributed by atoms with E-state index in [9.17, 15) is 19.2 Å². The van der Waals surface area contributed by atoms with Gasteiger partial charge < -0.3 is 31.1 Å². The van der Waals surface area contributed by atoms with E-state index >= 15 is 0 Å². The van der Waals surface area contributed by atoms with Gasteiger partial charge in [-0.15, -0.1) is 0 Å². The quantitative estimate of drug-likeness (QED) is 0.160. The molecule has 2 aromatic heterocycles. The number of nitrogens with one attached hydrogen (secondary N) is 5. The van der Waals surface area contributed by atoms with Gasteiger partial charge >= 0.3 is 6.03 Å². The normalized spacial score (nSPS) is 10.7. The molecule has 40 heavy (non-hydrogen) atoms. The summed E-state index contributed by atoms with van der Waals surface area (Å²) in [6, 6.07) is 2.74. The van der Waals surface area contributed by atoms with E-state index in [1.807, 2.05) is 25.9 Å². The standard InChI is InChI=1S/C26H38N10O4/c1-5-11-29-23-20(17-31-25(33-23)34-26(40)32-19-9-14-27-15-10-19)24(39)30-13-7-12-28-21(37)18-36(4)22(38)8-6-16-35(2)3/h6,8-10,14-15,17H,5,7,11-13,16,18H2,1-4H3,(H,28,37)(H,30,39)(H3,27,29,31,32,33,34,40)/b8-6+. The number of rotatable bonds is 15. The van der Waals surface area contributed by atoms with Gasteiger partial charge in [0.25, 0.3) is 5.91 Å². The van der Waals surface area contributed by atoms with E-state index in [4.69, 9.17) is 0 Å². The molecule has 0 saturated carbocycles. The van der Waals surface area contributed by atoms with Crippen LogP contribution in [0.15, 0.2) is 42.9 Å². The number of hydrogen-bond donors (Lipinski definition) is 5. The molecule has 5 amide bonds. The van der Waals surface area contributed by atoms with Crippen LogP contribution in [0.5, 0.6) is 0 Å². The lowest BCUT2D eigenvalue weighted by molar-refractivity contribution is -0.131. The third kappa shape index (κ3) is 11.9. The number of carbonyl (C=O) groups is 4. The van der Waals surface area contributed by atoms with Gasteiger partial charge in [0.05, 0.1) is 6.54 Å². The highest BCUT2D eigenvalue weighted by Gasteiger charge is 2.16. The predicted octanol–water partition coefficient (Wildman–Crippen LogP) is 1.15. The second-order valence-electron chi connectivity index (χ2n) is 9.02. The lowest BCUT2D eigenvalue weighted by Gasteiger charge is -2.15. The van der Waals surface area contributed by atoms with E-state index in [-0.39, 0.29) is 35.7 Å². The van der Waals surface area contributed by atoms with Gasteiger partial charge in [0.2, 0.25) is 17.8 Å². The van der Waals surface area contributed by atoms with Crippen molar-refractivity contribution in [1.29, 1.82) is 0 Å². The largest absolute Gasteiger partial charge is 0.369 e. The van der Waals surface area contributed by atoms with E-state index in [0.29, 0.717) is 38.3 Å². The van der Waals surface area contributed by atoms with Crippen LogP contribution in [0.25, 0.3) is 0 Å². The summed E-state index contributed by atoms with van der Waals surface area (Å²) in [5, 5.41) is 13.8. The zero-order valence-corrected chi connectivity index (χ0v) is 23.4. The van der Waals surface area contributed by atoms with Crippen LogP contribution in [0.1, 0.15) is 30.1 Å². The van der Waals surface area contributed by atoms with Crippen molar-refractivity contribution in [2.75, 3.05) is 69.8 Å². The van der Waals surface area contributed by atoms with Crippen molar-refractivity contribution >= 4 is 41.2 Å². The van der Waals surface area contributed by atoms with Crippen LogP contribution in [0.2, 0.25) is 0 Å². The first-order valence-corrected chi connectivity index (χ1v) is 12.9. The number of amides is 5. The van der Waals surface area contributed by atoms with Crippen molar-refractivity contribution < 1.29 is 19.2 Å². The maximum atomic E-state index is 12.8. The molecule has 14 heteroatoms. The van der Waals surface area contributed by atoms with Crippen LogP contribution in [-0.2, 0) is 9.59 Å². The van der Waals surface area contributed by atoms with E-state index in [0.717, 1.165) is 6.42 Å². The molecule has 2 heterocycles. The number of likely N-dealkylation sites (N-methyl/N-ethyl adjacent to an activating group) is 2. The molecular formula is C26H38N10O4. The van der Waals surface area contributed by atoms with Crippen molar-refractivity contribution in [3.63, 3.8) is 0 Å². The molecule has 0 aromatic carbocycles. The Morgan fingerprint density at radius 3 is 2.40 bits per heavy atom. The summed E-state index contributed by atoms with van der Waals surface area (Å²) < 4.78 is 0. The third-order valence-electron chi connectivity index (χ3n) is 5.19. The molecule has 0 radical (unpaired) electrons. The minimum atomic E-state index is -0.539. The number of nitrogens with zero attached hydrogens (tertiary/aromatic N) is 5. The maximum Gasteiger partial charge on any atom is 0.326 e. The number of urea groups is 1. The highest BCUT2D eigenvalue weighted by molar-refractivity contribution is 6.00. The molecule has 2 aromatic rings. The van der Waals surface area contributed by atoms with Gasteiger partial charge in [0, 0.05) is 63.6 Å². The summed E-state index contributed by atoms with van der Waals surface area (Å²) >= 11 is 0. The topological polar surface area (TPSA) is 174 Å². The summed E-state index contributed by atoms with van der Waals surface area (Å²) in [5.41, 5.74) is 0.775. The Balaban J connectivity index is 1.81. The van der Waals surface area contributed by atoms with E-state index < -0.39 is 11.9 Å². The highest BCUT2D eigenvalue weighted by Crippen LogP contribution is 2.15. The number of anilines is 3. The average molecular weight is 555 g/mol. The molecule has 0 bridgehead atoms. The second-order valence-corrected chi connectivity index (χ2v) is 9.02. The van der Waals surface area contributed by atoms with Crippen LogP contribution in [0, 0.1) is 0 Å². The fourth-order valence-corrected chi connectivity index (χ4v) is 3.14. The summed E-state index contributed by atoms with van der Waals surface area (Å²) in [4.78, 5) is 64.7. The van der Waals surface area contributed by atoms with Crippen molar-refractivity contribution in [1.82, 2.24) is 35.4 Å². The SMILES string of the molecule is CCCNc1nc(NC(=O)Nc2ccncc2)ncc1C(=O)NCCCNC(=O)CN(C)C(=O)/C=C/CN(C)C. The lowest BCUT2D eigenvalue weighted by atomic mass is 10.2. The second kappa shape index (κ2) is 17.1. The first kappa shape index (κ1) is 31.6. The van der Waals surface area contributed by atoms with Crippen LogP contribution in [0.4, 0.5) is 22.2 Å². The maximum absolute atomic E-state index is 12.8. The molecule has 0 saturated heterocycles. The van der Waals surface area contributed by atoms with Gasteiger partial charge in [0.15, 0.2) is 0 Å². The molecule has 0 atom stereocenters. The van der Waals surface area contributed by atoms with E-state index in [1.54, 1.807) is 37.7 Å². The molecule has 0 aliphatic rings. The zero-order valence-electron chi connectivity index (χ0n) is 23.4. The molecule has 0 unspecified atom stereocenters. The fraction of sp³-hybridized carbons (Fsp3) is 0.423. The number of carbonyl (C=O) groups excluding carboxylic acids is 4. The van der Waals surface area contributed by atoms with Crippen LogP contribution in [0.3, 0.4) is 0 Å². The summed E-state index contributed by atoms with van der Waals surface area (Å²) in [7, 11) is 5.35. The van der Waals surface area contributed by atoms with E-state index in [2.05, 4.69) is 41.5 Å². The monoisotopic (exact) mass is 554 g/mol. The van der Waals surface area contributed by atoms with Crippen LogP contribution >= 0.6 is 0 Å². The average Bonchev–Trinajstić information content (AvgIpc) is 2.91. The minimum Gasteiger partial charge on any atom is -0.369 e. The fourth-order valence-electron chi connectivity index (χ4n) is 3.14. The Kier molecular flexibility index (Phi) is 13.5. The molecular weight excluding hydrogens is 516 g/mol. The Labute approximate surface area is 234 Å². The molecule has 216 valence electrons. The number of aromatic nitrogens is 3. The van der Waals surface area contributed by atoms with Gasteiger partial charge in [-0.3, -0.25) is 24.7 Å². The van der Waals surface area contributed by atoms with Crippen LogP contribution in [-0.4, -0.2) is 102 Å². The van der Waals surface area contributed by atoms with E-state index in [1.165, 1.54) is 17.2 Å². The first-order chi connectivity index (χ1) is 19.2. The minimum absolute atomic E-state index is 0.0288. The lowest BCUT2D eigenvalue weighted by Crippen LogP contribution is -2.38. The molecule has 0 aliphatic carbocycles. The van der Waals surface area contributed by atoms with Gasteiger partial charge in [-0.2, -0.15) is 4.98 Å². The highest BCUT2D eigenvalue weighted by atomic mass is 16.2.